The van der Waals surface area contributed by atoms with Gasteiger partial charge in [-0.3, -0.25) is 4.79 Å². The van der Waals surface area contributed by atoms with E-state index in [9.17, 15) is 9.59 Å². The van der Waals surface area contributed by atoms with Gasteiger partial charge in [0.25, 0.3) is 5.91 Å². The van der Waals surface area contributed by atoms with Crippen molar-refractivity contribution in [2.24, 2.45) is 0 Å². The third kappa shape index (κ3) is 4.42. The number of hydrogen-bond donors (Lipinski definition) is 1. The predicted octanol–water partition coefficient (Wildman–Crippen LogP) is 4.30. The number of esters is 1. The highest BCUT2D eigenvalue weighted by atomic mass is 16.5. The number of nitrogens with one attached hydrogen (secondary N) is 1. The van der Waals surface area contributed by atoms with Crippen LogP contribution in [0.15, 0.2) is 78.9 Å². The lowest BCUT2D eigenvalue weighted by Crippen LogP contribution is -2.29. The lowest BCUT2D eigenvalue weighted by molar-refractivity contribution is 0.0600. The average Bonchev–Trinajstić information content (AvgIpc) is 2.73. The highest BCUT2D eigenvalue weighted by Gasteiger charge is 2.18. The molecular formula is C23H21NO3. The number of benzene rings is 3. The van der Waals surface area contributed by atoms with Crippen molar-refractivity contribution < 1.29 is 14.3 Å². The first-order chi connectivity index (χ1) is 13.1. The maximum Gasteiger partial charge on any atom is 0.337 e. The van der Waals surface area contributed by atoms with Crippen molar-refractivity contribution in [1.29, 1.82) is 0 Å². The van der Waals surface area contributed by atoms with Gasteiger partial charge in [0.1, 0.15) is 0 Å². The van der Waals surface area contributed by atoms with E-state index in [1.54, 1.807) is 24.3 Å². The number of aryl methyl sites for hydroxylation is 1. The van der Waals surface area contributed by atoms with Crippen LogP contribution < -0.4 is 5.32 Å². The van der Waals surface area contributed by atoms with E-state index in [-0.39, 0.29) is 11.9 Å². The molecule has 0 radical (unpaired) electrons. The minimum Gasteiger partial charge on any atom is -0.465 e. The van der Waals surface area contributed by atoms with Crippen molar-refractivity contribution in [2.75, 3.05) is 7.11 Å². The van der Waals surface area contributed by atoms with Gasteiger partial charge in [-0.25, -0.2) is 4.79 Å². The summed E-state index contributed by atoms with van der Waals surface area (Å²) in [6, 6.07) is 24.1. The van der Waals surface area contributed by atoms with Gasteiger partial charge >= 0.3 is 5.97 Å². The van der Waals surface area contributed by atoms with E-state index in [2.05, 4.69) is 10.1 Å². The summed E-state index contributed by atoms with van der Waals surface area (Å²) in [5, 5.41) is 3.09. The van der Waals surface area contributed by atoms with Crippen LogP contribution in [0.4, 0.5) is 0 Å². The molecule has 0 aliphatic rings. The van der Waals surface area contributed by atoms with E-state index in [0.29, 0.717) is 11.1 Å². The smallest absolute Gasteiger partial charge is 0.337 e. The maximum absolute atomic E-state index is 12.8. The fourth-order valence-corrected chi connectivity index (χ4v) is 2.85. The van der Waals surface area contributed by atoms with E-state index in [1.165, 1.54) is 7.11 Å². The second-order valence-corrected chi connectivity index (χ2v) is 6.30. The molecule has 4 heteroatoms. The van der Waals surface area contributed by atoms with Crippen molar-refractivity contribution >= 4 is 11.9 Å². The van der Waals surface area contributed by atoms with Gasteiger partial charge in [0.05, 0.1) is 18.7 Å². The minimum absolute atomic E-state index is 0.208. The molecule has 27 heavy (non-hydrogen) atoms. The molecule has 0 saturated carbocycles. The first-order valence-corrected chi connectivity index (χ1v) is 8.69. The number of methoxy groups -OCH3 is 1. The zero-order valence-corrected chi connectivity index (χ0v) is 15.3. The molecule has 0 heterocycles. The van der Waals surface area contributed by atoms with Gasteiger partial charge in [0.15, 0.2) is 0 Å². The Morgan fingerprint density at radius 1 is 0.778 bits per heavy atom. The molecule has 0 aliphatic heterocycles. The zero-order chi connectivity index (χ0) is 19.2. The Morgan fingerprint density at radius 3 is 1.93 bits per heavy atom. The van der Waals surface area contributed by atoms with Crippen LogP contribution in [0.2, 0.25) is 0 Å². The zero-order valence-electron chi connectivity index (χ0n) is 15.3. The number of rotatable bonds is 5. The van der Waals surface area contributed by atoms with Crippen molar-refractivity contribution in [3.63, 3.8) is 0 Å². The molecule has 1 amide bonds. The Labute approximate surface area is 158 Å². The molecule has 3 rings (SSSR count). The van der Waals surface area contributed by atoms with E-state index in [4.69, 9.17) is 0 Å². The minimum atomic E-state index is -0.427. The summed E-state index contributed by atoms with van der Waals surface area (Å²) in [6.07, 6.45) is 0. The largest absolute Gasteiger partial charge is 0.465 e. The standard InChI is InChI=1S/C23H21NO3/c1-16-8-10-18(11-9-16)21(17-6-4-3-5-7-17)24-22(25)19-12-14-20(15-13-19)23(26)27-2/h3-15,21H,1-2H3,(H,24,25). The molecular weight excluding hydrogens is 338 g/mol. The van der Waals surface area contributed by atoms with E-state index >= 15 is 0 Å². The second kappa shape index (κ2) is 8.32. The molecule has 3 aromatic carbocycles. The van der Waals surface area contributed by atoms with Gasteiger partial charge in [-0.15, -0.1) is 0 Å². The third-order valence-electron chi connectivity index (χ3n) is 4.39. The molecule has 1 N–H and O–H groups in total. The number of hydrogen-bond acceptors (Lipinski definition) is 3. The topological polar surface area (TPSA) is 55.4 Å². The lowest BCUT2D eigenvalue weighted by atomic mass is 9.97. The molecule has 1 unspecified atom stereocenters. The van der Waals surface area contributed by atoms with Crippen molar-refractivity contribution in [3.8, 4) is 0 Å². The Hall–Kier alpha value is -3.40. The summed E-state index contributed by atoms with van der Waals surface area (Å²) in [5.41, 5.74) is 4.06. The van der Waals surface area contributed by atoms with Crippen LogP contribution in [0, 0.1) is 6.92 Å². The molecule has 136 valence electrons. The van der Waals surface area contributed by atoms with Crippen LogP contribution in [0.3, 0.4) is 0 Å². The maximum atomic E-state index is 12.8. The molecule has 0 fully saturated rings. The van der Waals surface area contributed by atoms with E-state index < -0.39 is 5.97 Å². The Balaban J connectivity index is 1.86. The molecule has 3 aromatic rings. The van der Waals surface area contributed by atoms with Crippen molar-refractivity contribution in [2.45, 2.75) is 13.0 Å². The molecule has 0 spiro atoms. The molecule has 0 bridgehead atoms. The van der Waals surface area contributed by atoms with Gasteiger partial charge in [0.2, 0.25) is 0 Å². The van der Waals surface area contributed by atoms with Gasteiger partial charge in [0, 0.05) is 5.56 Å². The van der Waals surface area contributed by atoms with Crippen molar-refractivity contribution in [3.05, 3.63) is 107 Å². The van der Waals surface area contributed by atoms with Crippen LogP contribution >= 0.6 is 0 Å². The third-order valence-corrected chi connectivity index (χ3v) is 4.39. The van der Waals surface area contributed by atoms with Crippen molar-refractivity contribution in [1.82, 2.24) is 5.32 Å². The quantitative estimate of drug-likeness (QED) is 0.691. The monoisotopic (exact) mass is 359 g/mol. The molecule has 0 aliphatic carbocycles. The van der Waals surface area contributed by atoms with Crippen LogP contribution in [-0.4, -0.2) is 19.0 Å². The van der Waals surface area contributed by atoms with Gasteiger partial charge in [-0.2, -0.15) is 0 Å². The first-order valence-electron chi connectivity index (χ1n) is 8.69. The number of carbonyl (C=O) groups excluding carboxylic acids is 2. The highest BCUT2D eigenvalue weighted by molar-refractivity contribution is 5.96. The summed E-state index contributed by atoms with van der Waals surface area (Å²) in [7, 11) is 1.33. The molecule has 0 aromatic heterocycles. The fraction of sp³-hybridized carbons (Fsp3) is 0.130. The van der Waals surface area contributed by atoms with Crippen LogP contribution in [0.25, 0.3) is 0 Å². The molecule has 0 saturated heterocycles. The molecule has 1 atom stereocenters. The highest BCUT2D eigenvalue weighted by Crippen LogP contribution is 2.23. The first kappa shape index (κ1) is 18.4. The van der Waals surface area contributed by atoms with Gasteiger partial charge < -0.3 is 10.1 Å². The summed E-state index contributed by atoms with van der Waals surface area (Å²) < 4.78 is 4.69. The predicted molar refractivity (Wildman–Crippen MR) is 105 cm³/mol. The summed E-state index contributed by atoms with van der Waals surface area (Å²) in [5.74, 6) is -0.635. The van der Waals surface area contributed by atoms with Crippen LogP contribution in [0.5, 0.6) is 0 Å². The fourth-order valence-electron chi connectivity index (χ4n) is 2.85. The number of carbonyl (C=O) groups is 2. The lowest BCUT2D eigenvalue weighted by Gasteiger charge is -2.20. The van der Waals surface area contributed by atoms with E-state index in [1.807, 2.05) is 61.5 Å². The number of amides is 1. The van der Waals surface area contributed by atoms with E-state index in [0.717, 1.165) is 16.7 Å². The van der Waals surface area contributed by atoms with Crippen LogP contribution in [-0.2, 0) is 4.74 Å². The Bertz CT molecular complexity index is 916. The summed E-state index contributed by atoms with van der Waals surface area (Å²) >= 11 is 0. The second-order valence-electron chi connectivity index (χ2n) is 6.30. The Morgan fingerprint density at radius 2 is 1.33 bits per heavy atom. The van der Waals surface area contributed by atoms with Gasteiger partial charge in [-0.05, 0) is 42.3 Å². The normalized spacial score (nSPS) is 11.5. The average molecular weight is 359 g/mol. The summed E-state index contributed by atoms with van der Waals surface area (Å²) in [6.45, 7) is 2.03. The number of ether oxygens (including phenoxy) is 1. The summed E-state index contributed by atoms with van der Waals surface area (Å²) in [4.78, 5) is 24.3. The SMILES string of the molecule is COC(=O)c1ccc(C(=O)NC(c2ccccc2)c2ccc(C)cc2)cc1. The van der Waals surface area contributed by atoms with Gasteiger partial charge in [-0.1, -0.05) is 60.2 Å². The Kier molecular flexibility index (Phi) is 5.67. The molecule has 4 nitrogen and oxygen atoms in total. The van der Waals surface area contributed by atoms with Crippen LogP contribution in [0.1, 0.15) is 43.4 Å².